The van der Waals surface area contributed by atoms with Gasteiger partial charge in [0.25, 0.3) is 5.91 Å². The molecule has 0 spiro atoms. The zero-order chi connectivity index (χ0) is 27.2. The molecule has 5 atom stereocenters. The van der Waals surface area contributed by atoms with Gasteiger partial charge in [0.05, 0.1) is 17.2 Å². The molecule has 0 aromatic heterocycles. The Morgan fingerprint density at radius 3 is 2.20 bits per heavy atom. The van der Waals surface area contributed by atoms with Crippen LogP contribution in [-0.4, -0.2) is 79.2 Å². The Bertz CT molecular complexity index is 1120. The van der Waals surface area contributed by atoms with Crippen LogP contribution in [0.2, 0.25) is 0 Å². The molecule has 0 bridgehead atoms. The minimum atomic E-state index is -2.86. The maximum atomic E-state index is 13.3. The number of hydrogen-bond acceptors (Lipinski definition) is 9. The number of fused-ring (bicyclic) bond motifs is 1. The van der Waals surface area contributed by atoms with Crippen molar-refractivity contribution in [2.45, 2.75) is 37.5 Å². The topological polar surface area (TPSA) is 182 Å². The van der Waals surface area contributed by atoms with Gasteiger partial charge in [0, 0.05) is 17.4 Å². The lowest BCUT2D eigenvalue weighted by Gasteiger charge is -2.51. The van der Waals surface area contributed by atoms with E-state index < -0.39 is 80.6 Å². The Morgan fingerprint density at radius 2 is 1.77 bits per heavy atom. The number of aliphatic hydroxyl groups is 5. The molecule has 10 nitrogen and oxygen atoms in total. The SMILES string of the molecule is C=C(O)C(=C)C(=O)C1=C(O)[C@]2(O)C(=O)C(C(N)=O)=C(O)[C@@H](N(C)C)[C@@H]2C[C@@H]1[C@](C)(O)C(=C)/C=C\C. The van der Waals surface area contributed by atoms with E-state index in [9.17, 15) is 39.9 Å². The van der Waals surface area contributed by atoms with Crippen LogP contribution in [0.5, 0.6) is 0 Å². The Morgan fingerprint density at radius 1 is 1.23 bits per heavy atom. The number of hydrogen-bond donors (Lipinski definition) is 6. The van der Waals surface area contributed by atoms with Gasteiger partial charge < -0.3 is 31.3 Å². The Balaban J connectivity index is 2.99. The number of carbonyl (C=O) groups excluding carboxylic acids is 3. The van der Waals surface area contributed by atoms with Gasteiger partial charge in [-0.1, -0.05) is 31.9 Å². The van der Waals surface area contributed by atoms with Crippen LogP contribution in [0, 0.1) is 11.8 Å². The van der Waals surface area contributed by atoms with E-state index in [0.717, 1.165) is 0 Å². The molecule has 7 N–H and O–H groups in total. The molecule has 0 saturated carbocycles. The summed E-state index contributed by atoms with van der Waals surface area (Å²) < 4.78 is 0. The molecular weight excluding hydrogens is 456 g/mol. The highest BCUT2D eigenvalue weighted by molar-refractivity contribution is 6.24. The van der Waals surface area contributed by atoms with Crippen LogP contribution in [0.4, 0.5) is 0 Å². The van der Waals surface area contributed by atoms with Crippen molar-refractivity contribution in [3.63, 3.8) is 0 Å². The van der Waals surface area contributed by atoms with Gasteiger partial charge in [-0.15, -0.1) is 0 Å². The molecule has 0 fully saturated rings. The second kappa shape index (κ2) is 9.29. The maximum Gasteiger partial charge on any atom is 0.255 e. The predicted molar refractivity (Wildman–Crippen MR) is 128 cm³/mol. The molecule has 0 heterocycles. The lowest BCUT2D eigenvalue weighted by atomic mass is 9.57. The highest BCUT2D eigenvalue weighted by Crippen LogP contribution is 2.52. The van der Waals surface area contributed by atoms with Crippen molar-refractivity contribution in [3.05, 3.63) is 71.5 Å². The van der Waals surface area contributed by atoms with E-state index in [1.807, 2.05) is 0 Å². The van der Waals surface area contributed by atoms with Crippen molar-refractivity contribution in [1.29, 1.82) is 0 Å². The predicted octanol–water partition coefficient (Wildman–Crippen LogP) is 1.06. The first-order valence-electron chi connectivity index (χ1n) is 10.7. The molecule has 1 amide bonds. The molecule has 2 rings (SSSR count). The number of rotatable bonds is 8. The van der Waals surface area contributed by atoms with Gasteiger partial charge in [0.1, 0.15) is 22.9 Å². The molecule has 0 aliphatic heterocycles. The number of nitrogens with zero attached hydrogens (tertiary/aromatic N) is 1. The van der Waals surface area contributed by atoms with E-state index in [1.54, 1.807) is 13.0 Å². The lowest BCUT2D eigenvalue weighted by molar-refractivity contribution is -0.151. The summed E-state index contributed by atoms with van der Waals surface area (Å²) in [6.07, 6.45) is 2.74. The minimum absolute atomic E-state index is 0.142. The second-order valence-corrected chi connectivity index (χ2v) is 9.21. The number of Topliss-reactive ketones (excluding diaryl/α,β-unsaturated/α-hetero) is 2. The van der Waals surface area contributed by atoms with Crippen LogP contribution in [0.1, 0.15) is 20.3 Å². The summed E-state index contributed by atoms with van der Waals surface area (Å²) in [4.78, 5) is 40.1. The largest absolute Gasteiger partial charge is 0.510 e. The third kappa shape index (κ3) is 4.13. The average molecular weight is 489 g/mol. The molecule has 0 unspecified atom stereocenters. The normalized spacial score (nSPS) is 28.7. The van der Waals surface area contributed by atoms with Gasteiger partial charge in [0.15, 0.2) is 11.4 Å². The smallest absolute Gasteiger partial charge is 0.255 e. The monoisotopic (exact) mass is 488 g/mol. The average Bonchev–Trinajstić information content (AvgIpc) is 2.74. The maximum absolute atomic E-state index is 13.3. The van der Waals surface area contributed by atoms with E-state index in [2.05, 4.69) is 19.7 Å². The summed E-state index contributed by atoms with van der Waals surface area (Å²) >= 11 is 0. The van der Waals surface area contributed by atoms with Gasteiger partial charge in [0.2, 0.25) is 5.78 Å². The van der Waals surface area contributed by atoms with Crippen molar-refractivity contribution in [1.82, 2.24) is 4.90 Å². The summed E-state index contributed by atoms with van der Waals surface area (Å²) in [6.45, 7) is 13.5. The van der Waals surface area contributed by atoms with E-state index in [-0.39, 0.29) is 12.0 Å². The van der Waals surface area contributed by atoms with E-state index in [1.165, 1.54) is 32.0 Å². The van der Waals surface area contributed by atoms with E-state index in [4.69, 9.17) is 5.73 Å². The summed E-state index contributed by atoms with van der Waals surface area (Å²) in [6, 6.07) is -1.21. The molecule has 0 aromatic rings. The van der Waals surface area contributed by atoms with E-state index in [0.29, 0.717) is 0 Å². The quantitative estimate of drug-likeness (QED) is 0.126. The zero-order valence-corrected chi connectivity index (χ0v) is 20.2. The number of ketones is 2. The van der Waals surface area contributed by atoms with Gasteiger partial charge in [-0.2, -0.15) is 0 Å². The number of likely N-dealkylation sites (N-methyl/N-ethyl adjacent to an activating group) is 1. The van der Waals surface area contributed by atoms with Crippen molar-refractivity contribution in [2.24, 2.45) is 17.6 Å². The Kier molecular flexibility index (Phi) is 7.37. The van der Waals surface area contributed by atoms with Crippen LogP contribution in [0.25, 0.3) is 0 Å². The highest BCUT2D eigenvalue weighted by atomic mass is 16.3. The van der Waals surface area contributed by atoms with Crippen LogP contribution >= 0.6 is 0 Å². The summed E-state index contributed by atoms with van der Waals surface area (Å²) in [5.41, 5.74) is -1.41. The molecular formula is C25H32N2O8. The molecule has 2 aliphatic rings. The van der Waals surface area contributed by atoms with Gasteiger partial charge in [-0.05, 0) is 39.9 Å². The minimum Gasteiger partial charge on any atom is -0.510 e. The Labute approximate surface area is 203 Å². The molecule has 2 aliphatic carbocycles. The lowest BCUT2D eigenvalue weighted by Crippen LogP contribution is -2.64. The van der Waals surface area contributed by atoms with E-state index >= 15 is 0 Å². The fourth-order valence-electron chi connectivity index (χ4n) is 4.87. The van der Waals surface area contributed by atoms with Crippen LogP contribution in [-0.2, 0) is 14.4 Å². The first-order valence-corrected chi connectivity index (χ1v) is 10.7. The second-order valence-electron chi connectivity index (χ2n) is 9.21. The van der Waals surface area contributed by atoms with Gasteiger partial charge in [-0.3, -0.25) is 19.3 Å². The van der Waals surface area contributed by atoms with Gasteiger partial charge >= 0.3 is 0 Å². The molecule has 35 heavy (non-hydrogen) atoms. The highest BCUT2D eigenvalue weighted by Gasteiger charge is 2.64. The molecule has 190 valence electrons. The molecule has 10 heteroatoms. The summed E-state index contributed by atoms with van der Waals surface area (Å²) in [5, 5.41) is 55.0. The third-order valence-corrected chi connectivity index (χ3v) is 6.85. The van der Waals surface area contributed by atoms with Crippen molar-refractivity contribution >= 4 is 17.5 Å². The summed E-state index contributed by atoms with van der Waals surface area (Å²) in [7, 11) is 3.00. The van der Waals surface area contributed by atoms with Crippen molar-refractivity contribution in [3.8, 4) is 0 Å². The number of carbonyl (C=O) groups is 3. The van der Waals surface area contributed by atoms with Gasteiger partial charge in [-0.25, -0.2) is 0 Å². The first-order chi connectivity index (χ1) is 16.0. The summed E-state index contributed by atoms with van der Waals surface area (Å²) in [5.74, 6) is -9.03. The Hall–Kier alpha value is -3.47. The number of primary amides is 1. The zero-order valence-electron chi connectivity index (χ0n) is 20.2. The standard InChI is InChI=1S/C25H32N2O8/c1-8-9-11(2)24(5,34)14-10-15-18(27(6)7)20(30)17(23(26)33)22(32)25(15,35)21(31)16(14)19(29)12(3)13(4)28/h8-9,14-15,18,28,30-31,34-35H,2-4,10H2,1,5-7H3,(H2,26,33)/b9-8-/t14-,15-,18-,24+,25-/m0/s1. The number of amides is 1. The third-order valence-electron chi connectivity index (χ3n) is 6.85. The first kappa shape index (κ1) is 27.8. The van der Waals surface area contributed by atoms with Crippen LogP contribution in [0.15, 0.2) is 71.5 Å². The molecule has 0 radical (unpaired) electrons. The molecule has 0 aromatic carbocycles. The number of nitrogens with two attached hydrogens (primary N) is 1. The van der Waals surface area contributed by atoms with Crippen LogP contribution in [0.3, 0.4) is 0 Å². The molecule has 0 saturated heterocycles. The van der Waals surface area contributed by atoms with Crippen molar-refractivity contribution < 1.29 is 39.9 Å². The number of aliphatic hydroxyl groups excluding tert-OH is 3. The fraction of sp³-hybridized carbons (Fsp3) is 0.400. The number of allylic oxidation sites excluding steroid dienone is 2. The van der Waals surface area contributed by atoms with Crippen LogP contribution < -0.4 is 5.73 Å². The van der Waals surface area contributed by atoms with Crippen molar-refractivity contribution in [2.75, 3.05) is 14.1 Å². The fourth-order valence-corrected chi connectivity index (χ4v) is 4.87.